The monoisotopic (exact) mass is 402 g/mol. The maximum absolute atomic E-state index is 12.7. The van der Waals surface area contributed by atoms with Crippen molar-refractivity contribution >= 4 is 23.2 Å². The topological polar surface area (TPSA) is 59.5 Å². The second-order valence-corrected chi connectivity index (χ2v) is 6.21. The van der Waals surface area contributed by atoms with Crippen LogP contribution in [-0.2, 0) is 10.9 Å². The lowest BCUT2D eigenvalue weighted by Crippen LogP contribution is -2.38. The first-order chi connectivity index (χ1) is 12.9. The molecule has 0 amide bonds. The van der Waals surface area contributed by atoms with Gasteiger partial charge in [-0.2, -0.15) is 13.2 Å². The molecule has 1 N–H and O–H groups in total. The molecule has 27 heavy (non-hydrogen) atoms. The molecule has 1 fully saturated rings. The van der Waals surface area contributed by atoms with Gasteiger partial charge in [0.2, 0.25) is 5.95 Å². The number of aromatic nitrogens is 2. The van der Waals surface area contributed by atoms with Crippen molar-refractivity contribution in [2.75, 3.05) is 44.8 Å². The number of anilines is 2. The molecule has 1 aliphatic heterocycles. The molecule has 146 valence electrons. The molecule has 1 aliphatic rings. The molecule has 10 heteroatoms. The van der Waals surface area contributed by atoms with Crippen LogP contribution in [0.25, 0.3) is 0 Å². The van der Waals surface area contributed by atoms with Gasteiger partial charge in [-0.25, -0.2) is 9.97 Å². The van der Waals surface area contributed by atoms with Gasteiger partial charge in [-0.05, 0) is 24.3 Å². The van der Waals surface area contributed by atoms with Gasteiger partial charge in [-0.1, -0.05) is 11.6 Å². The number of morpholine rings is 1. The van der Waals surface area contributed by atoms with Crippen molar-refractivity contribution < 1.29 is 22.6 Å². The zero-order valence-electron chi connectivity index (χ0n) is 14.3. The van der Waals surface area contributed by atoms with Crippen molar-refractivity contribution in [1.82, 2.24) is 14.9 Å². The minimum Gasteiger partial charge on any atom is -0.492 e. The average molecular weight is 403 g/mol. The number of nitrogens with zero attached hydrogens (tertiary/aromatic N) is 3. The summed E-state index contributed by atoms with van der Waals surface area (Å²) in [4.78, 5) is 9.56. The lowest BCUT2D eigenvalue weighted by Gasteiger charge is -2.26. The summed E-state index contributed by atoms with van der Waals surface area (Å²) in [6.45, 7) is 4.68. The van der Waals surface area contributed by atoms with Crippen molar-refractivity contribution in [1.29, 1.82) is 0 Å². The number of benzene rings is 1. The zero-order valence-corrected chi connectivity index (χ0v) is 15.1. The average Bonchev–Trinajstić information content (AvgIpc) is 2.63. The summed E-state index contributed by atoms with van der Waals surface area (Å²) in [5.41, 5.74) is -0.468. The normalized spacial score (nSPS) is 15.6. The van der Waals surface area contributed by atoms with E-state index in [9.17, 15) is 13.2 Å². The summed E-state index contributed by atoms with van der Waals surface area (Å²) >= 11 is 5.58. The molecule has 0 saturated carbocycles. The number of ether oxygens (including phenoxy) is 2. The van der Waals surface area contributed by atoms with Crippen LogP contribution < -0.4 is 10.1 Å². The number of halogens is 4. The minimum absolute atomic E-state index is 0.0195. The molecule has 2 aromatic rings. The predicted molar refractivity (Wildman–Crippen MR) is 94.5 cm³/mol. The maximum Gasteiger partial charge on any atom is 0.420 e. The molecule has 1 aromatic heterocycles. The third kappa shape index (κ3) is 5.69. The highest BCUT2D eigenvalue weighted by atomic mass is 35.5. The van der Waals surface area contributed by atoms with E-state index in [1.807, 2.05) is 0 Å². The van der Waals surface area contributed by atoms with Crippen LogP contribution in [0.4, 0.5) is 24.8 Å². The van der Waals surface area contributed by atoms with Crippen LogP contribution in [-0.4, -0.2) is 54.3 Å². The van der Waals surface area contributed by atoms with E-state index in [0.717, 1.165) is 32.8 Å². The number of hydrogen-bond acceptors (Lipinski definition) is 6. The standard InChI is InChI=1S/C17H18ClF3N4O2/c18-15-14(17(19,20)21)11-22-16(24-15)23-12-1-3-13(4-2-12)27-10-7-25-5-8-26-9-6-25/h1-4,11H,5-10H2,(H,22,23,24). The highest BCUT2D eigenvalue weighted by molar-refractivity contribution is 6.30. The number of hydrogen-bond donors (Lipinski definition) is 1. The van der Waals surface area contributed by atoms with Crippen LogP contribution >= 0.6 is 11.6 Å². The van der Waals surface area contributed by atoms with Crippen LogP contribution in [0.5, 0.6) is 5.75 Å². The van der Waals surface area contributed by atoms with Crippen LogP contribution in [0.3, 0.4) is 0 Å². The SMILES string of the molecule is FC(F)(F)c1cnc(Nc2ccc(OCCN3CCOCC3)cc2)nc1Cl. The quantitative estimate of drug-likeness (QED) is 0.745. The largest absolute Gasteiger partial charge is 0.492 e. The lowest BCUT2D eigenvalue weighted by molar-refractivity contribution is -0.137. The number of nitrogens with one attached hydrogen (secondary N) is 1. The fraction of sp³-hybridized carbons (Fsp3) is 0.412. The van der Waals surface area contributed by atoms with Crippen LogP contribution in [0.15, 0.2) is 30.5 Å². The molecular weight excluding hydrogens is 385 g/mol. The summed E-state index contributed by atoms with van der Waals surface area (Å²) in [5, 5.41) is 2.16. The molecular formula is C17H18ClF3N4O2. The molecule has 2 heterocycles. The third-order valence-electron chi connectivity index (χ3n) is 3.94. The first kappa shape index (κ1) is 19.7. The minimum atomic E-state index is -4.59. The van der Waals surface area contributed by atoms with E-state index in [2.05, 4.69) is 20.2 Å². The van der Waals surface area contributed by atoms with E-state index >= 15 is 0 Å². The van der Waals surface area contributed by atoms with Crippen LogP contribution in [0.2, 0.25) is 5.15 Å². The van der Waals surface area contributed by atoms with E-state index in [4.69, 9.17) is 21.1 Å². The van der Waals surface area contributed by atoms with Gasteiger partial charge in [0.15, 0.2) is 0 Å². The Balaban J connectivity index is 1.52. The molecule has 0 aliphatic carbocycles. The maximum atomic E-state index is 12.7. The summed E-state index contributed by atoms with van der Waals surface area (Å²) in [6, 6.07) is 6.96. The lowest BCUT2D eigenvalue weighted by atomic mass is 10.3. The highest BCUT2D eigenvalue weighted by Gasteiger charge is 2.34. The Bertz CT molecular complexity index is 753. The second-order valence-electron chi connectivity index (χ2n) is 5.85. The van der Waals surface area contributed by atoms with Gasteiger partial charge in [0, 0.05) is 31.5 Å². The highest BCUT2D eigenvalue weighted by Crippen LogP contribution is 2.33. The summed E-state index contributed by atoms with van der Waals surface area (Å²) in [6.07, 6.45) is -3.93. The molecule has 0 spiro atoms. The Hall–Kier alpha value is -2.10. The van der Waals surface area contributed by atoms with E-state index in [1.54, 1.807) is 24.3 Å². The summed E-state index contributed by atoms with van der Waals surface area (Å²) < 4.78 is 49.0. The summed E-state index contributed by atoms with van der Waals surface area (Å²) in [5.74, 6) is 0.675. The van der Waals surface area contributed by atoms with Gasteiger partial charge in [0.1, 0.15) is 23.1 Å². The first-order valence-electron chi connectivity index (χ1n) is 8.31. The van der Waals surface area contributed by atoms with Gasteiger partial charge in [0.25, 0.3) is 0 Å². The second kappa shape index (κ2) is 8.73. The van der Waals surface area contributed by atoms with Gasteiger partial charge < -0.3 is 14.8 Å². The van der Waals surface area contributed by atoms with Gasteiger partial charge >= 0.3 is 6.18 Å². The Morgan fingerprint density at radius 2 is 1.89 bits per heavy atom. The van der Waals surface area contributed by atoms with Crippen molar-refractivity contribution in [3.05, 3.63) is 41.2 Å². The van der Waals surface area contributed by atoms with E-state index in [1.165, 1.54) is 0 Å². The number of rotatable bonds is 6. The molecule has 0 bridgehead atoms. The Morgan fingerprint density at radius 3 is 2.52 bits per heavy atom. The third-order valence-corrected chi connectivity index (χ3v) is 4.23. The Morgan fingerprint density at radius 1 is 1.19 bits per heavy atom. The zero-order chi connectivity index (χ0) is 19.3. The predicted octanol–water partition coefficient (Wildman–Crippen LogP) is 3.60. The molecule has 1 aromatic carbocycles. The van der Waals surface area contributed by atoms with Crippen LogP contribution in [0, 0.1) is 0 Å². The van der Waals surface area contributed by atoms with Gasteiger partial charge in [-0.15, -0.1) is 0 Å². The van der Waals surface area contributed by atoms with Crippen molar-refractivity contribution in [2.45, 2.75) is 6.18 Å². The fourth-order valence-electron chi connectivity index (χ4n) is 2.49. The molecule has 0 unspecified atom stereocenters. The fourth-order valence-corrected chi connectivity index (χ4v) is 2.73. The first-order valence-corrected chi connectivity index (χ1v) is 8.69. The number of alkyl halides is 3. The van der Waals surface area contributed by atoms with E-state index in [-0.39, 0.29) is 5.95 Å². The summed E-state index contributed by atoms with van der Waals surface area (Å²) in [7, 11) is 0. The molecule has 0 radical (unpaired) electrons. The van der Waals surface area contributed by atoms with E-state index in [0.29, 0.717) is 24.2 Å². The van der Waals surface area contributed by atoms with E-state index < -0.39 is 16.9 Å². The Labute approximate surface area is 159 Å². The van der Waals surface area contributed by atoms with Crippen molar-refractivity contribution in [3.8, 4) is 5.75 Å². The van der Waals surface area contributed by atoms with Gasteiger partial charge in [0.05, 0.1) is 13.2 Å². The molecule has 3 rings (SSSR count). The van der Waals surface area contributed by atoms with Gasteiger partial charge in [-0.3, -0.25) is 4.90 Å². The van der Waals surface area contributed by atoms with Crippen LogP contribution in [0.1, 0.15) is 5.56 Å². The van der Waals surface area contributed by atoms with Crippen molar-refractivity contribution in [3.63, 3.8) is 0 Å². The van der Waals surface area contributed by atoms with Crippen molar-refractivity contribution in [2.24, 2.45) is 0 Å². The molecule has 1 saturated heterocycles. The molecule has 0 atom stereocenters. The molecule has 6 nitrogen and oxygen atoms in total. The Kier molecular flexibility index (Phi) is 6.35. The smallest absolute Gasteiger partial charge is 0.420 e.